The van der Waals surface area contributed by atoms with Gasteiger partial charge in [0, 0.05) is 30.1 Å². The van der Waals surface area contributed by atoms with Crippen LogP contribution < -0.4 is 15.0 Å². The zero-order valence-corrected chi connectivity index (χ0v) is 24.1. The molecule has 2 fully saturated rings. The SMILES string of the molecule is CCC1(C2CC2)CN(C(=O)NCc2ccc(S(=O)(=O)CC)cc2)c2ccc(-c3c(OC)ncnc3C3CC3)cc21. The van der Waals surface area contributed by atoms with Gasteiger partial charge >= 0.3 is 6.03 Å². The molecule has 3 aliphatic rings. The predicted molar refractivity (Wildman–Crippen MR) is 154 cm³/mol. The number of carbonyl (C=O) groups excluding carboxylic acids is 1. The lowest BCUT2D eigenvalue weighted by Crippen LogP contribution is -2.43. The maximum atomic E-state index is 13.6. The van der Waals surface area contributed by atoms with E-state index in [1.165, 1.54) is 18.4 Å². The molecule has 6 rings (SSSR count). The molecule has 1 unspecified atom stereocenters. The number of rotatable bonds is 9. The van der Waals surface area contributed by atoms with E-state index in [4.69, 9.17) is 4.74 Å². The van der Waals surface area contributed by atoms with Gasteiger partial charge in [-0.1, -0.05) is 32.0 Å². The number of carbonyl (C=O) groups is 1. The van der Waals surface area contributed by atoms with Gasteiger partial charge in [-0.25, -0.2) is 23.2 Å². The van der Waals surface area contributed by atoms with Crippen LogP contribution in [0.1, 0.15) is 68.7 Å². The van der Waals surface area contributed by atoms with Crippen LogP contribution in [0.3, 0.4) is 0 Å². The second-order valence-electron chi connectivity index (χ2n) is 11.2. The molecule has 0 saturated heterocycles. The molecule has 0 spiro atoms. The Morgan fingerprint density at radius 2 is 1.82 bits per heavy atom. The van der Waals surface area contributed by atoms with Crippen LogP contribution in [0.4, 0.5) is 10.5 Å². The van der Waals surface area contributed by atoms with E-state index >= 15 is 0 Å². The molecule has 2 aliphatic carbocycles. The molecule has 1 atom stereocenters. The summed E-state index contributed by atoms with van der Waals surface area (Å²) in [5.41, 5.74) is 5.97. The summed E-state index contributed by atoms with van der Waals surface area (Å²) in [6, 6.07) is 13.0. The zero-order valence-electron chi connectivity index (χ0n) is 23.3. The topological polar surface area (TPSA) is 101 Å². The van der Waals surface area contributed by atoms with Gasteiger partial charge in [0.05, 0.1) is 29.0 Å². The molecule has 0 radical (unpaired) electrons. The molecule has 2 aromatic carbocycles. The molecule has 210 valence electrons. The Morgan fingerprint density at radius 1 is 1.07 bits per heavy atom. The number of ether oxygens (including phenoxy) is 1. The average Bonchev–Trinajstić information content (AvgIpc) is 3.92. The molecule has 1 aliphatic heterocycles. The standard InChI is InChI=1S/C31H36N4O4S/c1-4-31(23-11-12-23)18-35(30(36)32-17-20-6-13-24(14-7-20)40(37,38)5-2)26-15-10-22(16-25(26)31)27-28(21-8-9-21)33-19-34-29(27)39-3/h6-7,10,13-16,19,21,23H,4-5,8-9,11-12,17-18H2,1-3H3,(H,32,36). The summed E-state index contributed by atoms with van der Waals surface area (Å²) in [6.07, 6.45) is 7.14. The highest BCUT2D eigenvalue weighted by atomic mass is 32.2. The summed E-state index contributed by atoms with van der Waals surface area (Å²) < 4.78 is 29.9. The van der Waals surface area contributed by atoms with Crippen molar-refractivity contribution in [3.8, 4) is 17.0 Å². The Kier molecular flexibility index (Phi) is 6.81. The summed E-state index contributed by atoms with van der Waals surface area (Å²) >= 11 is 0. The van der Waals surface area contributed by atoms with Crippen LogP contribution in [-0.4, -0.2) is 43.8 Å². The van der Waals surface area contributed by atoms with Gasteiger partial charge in [0.25, 0.3) is 0 Å². The number of hydrogen-bond donors (Lipinski definition) is 1. The van der Waals surface area contributed by atoms with Crippen LogP contribution in [0.2, 0.25) is 0 Å². The monoisotopic (exact) mass is 560 g/mol. The number of aromatic nitrogens is 2. The molecule has 1 N–H and O–H groups in total. The predicted octanol–water partition coefficient (Wildman–Crippen LogP) is 5.61. The number of anilines is 1. The first-order valence-corrected chi connectivity index (χ1v) is 15.9. The van der Waals surface area contributed by atoms with Crippen LogP contribution >= 0.6 is 0 Å². The summed E-state index contributed by atoms with van der Waals surface area (Å²) in [7, 11) is -1.60. The van der Waals surface area contributed by atoms with Gasteiger partial charge < -0.3 is 10.1 Å². The third kappa shape index (κ3) is 4.64. The molecular formula is C31H36N4O4S. The molecular weight excluding hydrogens is 524 g/mol. The van der Waals surface area contributed by atoms with Crippen molar-refractivity contribution in [3.05, 3.63) is 65.6 Å². The molecule has 9 heteroatoms. The number of methoxy groups -OCH3 is 1. The third-order valence-corrected chi connectivity index (χ3v) is 10.6. The second kappa shape index (κ2) is 10.2. The fraction of sp³-hybridized carbons (Fsp3) is 0.452. The number of nitrogens with zero attached hydrogens (tertiary/aromatic N) is 3. The third-order valence-electron chi connectivity index (χ3n) is 8.89. The van der Waals surface area contributed by atoms with Gasteiger partial charge in [0.1, 0.15) is 6.33 Å². The molecule has 0 bridgehead atoms. The van der Waals surface area contributed by atoms with Crippen molar-refractivity contribution in [1.82, 2.24) is 15.3 Å². The van der Waals surface area contributed by atoms with Gasteiger partial charge in [-0.3, -0.25) is 4.90 Å². The van der Waals surface area contributed by atoms with E-state index in [2.05, 4.69) is 40.4 Å². The fourth-order valence-corrected chi connectivity index (χ4v) is 7.15. The van der Waals surface area contributed by atoms with E-state index in [1.807, 2.05) is 4.90 Å². The van der Waals surface area contributed by atoms with E-state index in [9.17, 15) is 13.2 Å². The summed E-state index contributed by atoms with van der Waals surface area (Å²) in [5.74, 6) is 1.65. The lowest BCUT2D eigenvalue weighted by Gasteiger charge is -2.29. The lowest BCUT2D eigenvalue weighted by atomic mass is 9.75. The number of hydrogen-bond acceptors (Lipinski definition) is 6. The minimum atomic E-state index is -3.25. The lowest BCUT2D eigenvalue weighted by molar-refractivity contribution is 0.244. The van der Waals surface area contributed by atoms with Crippen molar-refractivity contribution in [2.24, 2.45) is 5.92 Å². The quantitative estimate of drug-likeness (QED) is 0.365. The number of amides is 2. The molecule has 2 amide bonds. The Morgan fingerprint density at radius 3 is 2.45 bits per heavy atom. The van der Waals surface area contributed by atoms with E-state index in [1.54, 1.807) is 44.6 Å². The first kappa shape index (κ1) is 26.7. The molecule has 1 aromatic heterocycles. The smallest absolute Gasteiger partial charge is 0.322 e. The highest BCUT2D eigenvalue weighted by Crippen LogP contribution is 2.57. The van der Waals surface area contributed by atoms with Crippen LogP contribution in [0.25, 0.3) is 11.1 Å². The van der Waals surface area contributed by atoms with Crippen LogP contribution in [-0.2, 0) is 21.8 Å². The maximum absolute atomic E-state index is 13.6. The average molecular weight is 561 g/mol. The van der Waals surface area contributed by atoms with Gasteiger partial charge in [0.15, 0.2) is 9.84 Å². The molecule has 3 aromatic rings. The number of urea groups is 1. The fourth-order valence-electron chi connectivity index (χ4n) is 6.26. The number of nitrogens with one attached hydrogen (secondary N) is 1. The molecule has 2 heterocycles. The van der Waals surface area contributed by atoms with Crippen LogP contribution in [0.5, 0.6) is 5.88 Å². The summed E-state index contributed by atoms with van der Waals surface area (Å²) in [4.78, 5) is 24.8. The first-order valence-electron chi connectivity index (χ1n) is 14.2. The Labute approximate surface area is 236 Å². The summed E-state index contributed by atoms with van der Waals surface area (Å²) in [6.45, 7) is 4.82. The van der Waals surface area contributed by atoms with Crippen molar-refractivity contribution in [2.45, 2.75) is 68.7 Å². The van der Waals surface area contributed by atoms with Crippen molar-refractivity contribution >= 4 is 21.6 Å². The normalized spacial score (nSPS) is 20.3. The van der Waals surface area contributed by atoms with Crippen molar-refractivity contribution in [1.29, 1.82) is 0 Å². The number of benzene rings is 2. The first-order chi connectivity index (χ1) is 19.3. The number of sulfone groups is 1. The molecule has 8 nitrogen and oxygen atoms in total. The van der Waals surface area contributed by atoms with Gasteiger partial charge in [-0.2, -0.15) is 0 Å². The maximum Gasteiger partial charge on any atom is 0.322 e. The second-order valence-corrected chi connectivity index (χ2v) is 13.5. The minimum Gasteiger partial charge on any atom is -0.480 e. The van der Waals surface area contributed by atoms with Gasteiger partial charge in [-0.05, 0) is 79.0 Å². The van der Waals surface area contributed by atoms with Crippen molar-refractivity contribution < 1.29 is 17.9 Å². The largest absolute Gasteiger partial charge is 0.480 e. The van der Waals surface area contributed by atoms with Gasteiger partial charge in [-0.15, -0.1) is 0 Å². The molecule has 40 heavy (non-hydrogen) atoms. The summed E-state index contributed by atoms with van der Waals surface area (Å²) in [5, 5.41) is 3.07. The van der Waals surface area contributed by atoms with E-state index in [0.717, 1.165) is 47.3 Å². The Balaban J connectivity index is 1.30. The highest BCUT2D eigenvalue weighted by Gasteiger charge is 2.52. The van der Waals surface area contributed by atoms with E-state index in [-0.39, 0.29) is 17.2 Å². The van der Waals surface area contributed by atoms with Gasteiger partial charge in [0.2, 0.25) is 5.88 Å². The van der Waals surface area contributed by atoms with Crippen molar-refractivity contribution in [3.63, 3.8) is 0 Å². The Bertz CT molecular complexity index is 1550. The zero-order chi connectivity index (χ0) is 28.1. The van der Waals surface area contributed by atoms with Crippen LogP contribution in [0, 0.1) is 5.92 Å². The number of fused-ring (bicyclic) bond motifs is 1. The Hall–Kier alpha value is -3.46. The van der Waals surface area contributed by atoms with Crippen molar-refractivity contribution in [2.75, 3.05) is 24.3 Å². The minimum absolute atomic E-state index is 0.0608. The molecule has 2 saturated carbocycles. The van der Waals surface area contributed by atoms with Crippen LogP contribution in [0.15, 0.2) is 53.7 Å². The van der Waals surface area contributed by atoms with E-state index in [0.29, 0.717) is 35.7 Å². The highest BCUT2D eigenvalue weighted by molar-refractivity contribution is 7.91. The van der Waals surface area contributed by atoms with E-state index < -0.39 is 9.84 Å².